The Hall–Kier alpha value is -1.81. The third-order valence-electron chi connectivity index (χ3n) is 4.62. The van der Waals surface area contributed by atoms with Crippen LogP contribution in [0.15, 0.2) is 30.5 Å². The number of hydrogen-bond acceptors (Lipinski definition) is 2. The summed E-state index contributed by atoms with van der Waals surface area (Å²) in [6.45, 7) is 3.89. The molecule has 1 aliphatic rings. The van der Waals surface area contributed by atoms with Crippen molar-refractivity contribution in [1.29, 1.82) is 0 Å². The van der Waals surface area contributed by atoms with Gasteiger partial charge in [0, 0.05) is 29.7 Å². The van der Waals surface area contributed by atoms with E-state index in [9.17, 15) is 9.90 Å². The molecule has 2 N–H and O–H groups in total. The molecule has 0 amide bonds. The standard InChI is InChI=1S/C17H22N2O2/c1-12(19-8-4-5-13(11-19)17(20)21)9-14-10-18-16-7-3-2-6-15(14)16/h2-3,6-7,10,12-13,18H,4-5,8-9,11H2,1H3,(H,20,21). The molecule has 21 heavy (non-hydrogen) atoms. The predicted molar refractivity (Wildman–Crippen MR) is 83.4 cm³/mol. The second-order valence-electron chi connectivity index (χ2n) is 6.08. The maximum atomic E-state index is 11.2. The molecule has 112 valence electrons. The number of carboxylic acid groups (broad SMARTS) is 1. The number of carbonyl (C=O) groups is 1. The molecule has 2 heterocycles. The van der Waals surface area contributed by atoms with E-state index in [1.807, 2.05) is 6.07 Å². The lowest BCUT2D eigenvalue weighted by Gasteiger charge is -2.35. The molecule has 4 heteroatoms. The Labute approximate surface area is 124 Å². The smallest absolute Gasteiger partial charge is 0.307 e. The van der Waals surface area contributed by atoms with Crippen LogP contribution in [0.3, 0.4) is 0 Å². The third-order valence-corrected chi connectivity index (χ3v) is 4.62. The van der Waals surface area contributed by atoms with Gasteiger partial charge in [-0.1, -0.05) is 18.2 Å². The Morgan fingerprint density at radius 2 is 2.29 bits per heavy atom. The second kappa shape index (κ2) is 5.90. The number of nitrogens with one attached hydrogen (secondary N) is 1. The van der Waals surface area contributed by atoms with Crippen molar-refractivity contribution in [3.63, 3.8) is 0 Å². The summed E-state index contributed by atoms with van der Waals surface area (Å²) in [6, 6.07) is 8.70. The first-order valence-electron chi connectivity index (χ1n) is 7.67. The summed E-state index contributed by atoms with van der Waals surface area (Å²) in [5, 5.41) is 10.5. The Balaban J connectivity index is 1.71. The first-order valence-corrected chi connectivity index (χ1v) is 7.67. The van der Waals surface area contributed by atoms with Gasteiger partial charge in [-0.3, -0.25) is 9.69 Å². The van der Waals surface area contributed by atoms with Crippen molar-refractivity contribution in [2.45, 2.75) is 32.2 Å². The minimum Gasteiger partial charge on any atom is -0.481 e. The van der Waals surface area contributed by atoms with E-state index in [0.717, 1.165) is 25.8 Å². The highest BCUT2D eigenvalue weighted by atomic mass is 16.4. The molecule has 0 bridgehead atoms. The summed E-state index contributed by atoms with van der Waals surface area (Å²) in [4.78, 5) is 16.8. The molecule has 0 spiro atoms. The van der Waals surface area contributed by atoms with E-state index in [1.54, 1.807) is 0 Å². The summed E-state index contributed by atoms with van der Waals surface area (Å²) < 4.78 is 0. The van der Waals surface area contributed by atoms with Crippen LogP contribution >= 0.6 is 0 Å². The van der Waals surface area contributed by atoms with Gasteiger partial charge < -0.3 is 10.1 Å². The fraction of sp³-hybridized carbons (Fsp3) is 0.471. The number of para-hydroxylation sites is 1. The molecule has 1 aromatic heterocycles. The van der Waals surface area contributed by atoms with E-state index < -0.39 is 5.97 Å². The summed E-state index contributed by atoms with van der Waals surface area (Å²) in [5.74, 6) is -0.858. The Kier molecular flexibility index (Phi) is 3.97. The fourth-order valence-corrected chi connectivity index (χ4v) is 3.36. The highest BCUT2D eigenvalue weighted by Crippen LogP contribution is 2.23. The van der Waals surface area contributed by atoms with Gasteiger partial charge in [-0.05, 0) is 44.4 Å². The molecule has 3 rings (SSSR count). The highest BCUT2D eigenvalue weighted by Gasteiger charge is 2.28. The molecule has 0 radical (unpaired) electrons. The van der Waals surface area contributed by atoms with E-state index in [0.29, 0.717) is 12.6 Å². The molecule has 1 saturated heterocycles. The number of fused-ring (bicyclic) bond motifs is 1. The molecular formula is C17H22N2O2. The molecule has 2 atom stereocenters. The Morgan fingerprint density at radius 3 is 3.10 bits per heavy atom. The summed E-state index contributed by atoms with van der Waals surface area (Å²) in [7, 11) is 0. The van der Waals surface area contributed by atoms with E-state index in [2.05, 4.69) is 41.2 Å². The molecule has 1 fully saturated rings. The number of aromatic nitrogens is 1. The average Bonchev–Trinajstić information content (AvgIpc) is 2.91. The quantitative estimate of drug-likeness (QED) is 0.908. The van der Waals surface area contributed by atoms with Crippen molar-refractivity contribution in [3.05, 3.63) is 36.0 Å². The van der Waals surface area contributed by atoms with Gasteiger partial charge in [-0.15, -0.1) is 0 Å². The number of rotatable bonds is 4. The van der Waals surface area contributed by atoms with Crippen LogP contribution < -0.4 is 0 Å². The van der Waals surface area contributed by atoms with Crippen LogP contribution in [-0.2, 0) is 11.2 Å². The largest absolute Gasteiger partial charge is 0.481 e. The number of likely N-dealkylation sites (tertiary alicyclic amines) is 1. The molecule has 1 aliphatic heterocycles. The number of H-pyrrole nitrogens is 1. The number of nitrogens with zero attached hydrogens (tertiary/aromatic N) is 1. The van der Waals surface area contributed by atoms with Crippen LogP contribution in [0.4, 0.5) is 0 Å². The normalized spacial score (nSPS) is 21.5. The summed E-state index contributed by atoms with van der Waals surface area (Å²) >= 11 is 0. The van der Waals surface area contributed by atoms with Gasteiger partial charge in [0.05, 0.1) is 5.92 Å². The van der Waals surface area contributed by atoms with E-state index in [1.165, 1.54) is 16.5 Å². The SMILES string of the molecule is CC(Cc1c[nH]c2ccccc12)N1CCCC(C(=O)O)C1. The van der Waals surface area contributed by atoms with Crippen molar-refractivity contribution >= 4 is 16.9 Å². The second-order valence-corrected chi connectivity index (χ2v) is 6.08. The van der Waals surface area contributed by atoms with Crippen LogP contribution in [0.2, 0.25) is 0 Å². The summed E-state index contributed by atoms with van der Waals surface area (Å²) in [6.07, 6.45) is 4.83. The van der Waals surface area contributed by atoms with Crippen molar-refractivity contribution in [2.75, 3.05) is 13.1 Å². The van der Waals surface area contributed by atoms with Crippen molar-refractivity contribution in [1.82, 2.24) is 9.88 Å². The average molecular weight is 286 g/mol. The van der Waals surface area contributed by atoms with Gasteiger partial charge in [-0.2, -0.15) is 0 Å². The molecule has 4 nitrogen and oxygen atoms in total. The van der Waals surface area contributed by atoms with E-state index >= 15 is 0 Å². The van der Waals surface area contributed by atoms with Gasteiger partial charge in [0.2, 0.25) is 0 Å². The number of hydrogen-bond donors (Lipinski definition) is 2. The Bertz CT molecular complexity index is 635. The van der Waals surface area contributed by atoms with Gasteiger partial charge in [0.1, 0.15) is 0 Å². The van der Waals surface area contributed by atoms with E-state index in [-0.39, 0.29) is 5.92 Å². The van der Waals surface area contributed by atoms with Crippen molar-refractivity contribution in [2.24, 2.45) is 5.92 Å². The van der Waals surface area contributed by atoms with Gasteiger partial charge in [0.25, 0.3) is 0 Å². The molecule has 0 saturated carbocycles. The number of aromatic amines is 1. The molecule has 0 aliphatic carbocycles. The minimum absolute atomic E-state index is 0.204. The zero-order chi connectivity index (χ0) is 14.8. The maximum Gasteiger partial charge on any atom is 0.307 e. The number of benzene rings is 1. The number of aliphatic carboxylic acids is 1. The first kappa shape index (κ1) is 14.1. The van der Waals surface area contributed by atoms with Crippen LogP contribution in [0.5, 0.6) is 0 Å². The van der Waals surface area contributed by atoms with E-state index in [4.69, 9.17) is 0 Å². The number of piperidine rings is 1. The number of carboxylic acids is 1. The molecule has 2 aromatic rings. The fourth-order valence-electron chi connectivity index (χ4n) is 3.36. The first-order chi connectivity index (χ1) is 10.1. The van der Waals surface area contributed by atoms with Gasteiger partial charge >= 0.3 is 5.97 Å². The van der Waals surface area contributed by atoms with Crippen LogP contribution in [0, 0.1) is 5.92 Å². The lowest BCUT2D eigenvalue weighted by Crippen LogP contribution is -2.44. The van der Waals surface area contributed by atoms with Gasteiger partial charge in [0.15, 0.2) is 0 Å². The molecular weight excluding hydrogens is 264 g/mol. The van der Waals surface area contributed by atoms with Crippen LogP contribution in [0.1, 0.15) is 25.3 Å². The Morgan fingerprint density at radius 1 is 1.48 bits per heavy atom. The monoisotopic (exact) mass is 286 g/mol. The van der Waals surface area contributed by atoms with Crippen LogP contribution in [0.25, 0.3) is 10.9 Å². The third kappa shape index (κ3) is 2.95. The highest BCUT2D eigenvalue weighted by molar-refractivity contribution is 5.83. The lowest BCUT2D eigenvalue weighted by atomic mass is 9.95. The van der Waals surface area contributed by atoms with Crippen molar-refractivity contribution < 1.29 is 9.90 Å². The minimum atomic E-state index is -0.654. The molecule has 1 aromatic carbocycles. The zero-order valence-corrected chi connectivity index (χ0v) is 12.4. The van der Waals surface area contributed by atoms with Gasteiger partial charge in [-0.25, -0.2) is 0 Å². The summed E-state index contributed by atoms with van der Waals surface area (Å²) in [5.41, 5.74) is 2.48. The van der Waals surface area contributed by atoms with Crippen LogP contribution in [-0.4, -0.2) is 40.1 Å². The lowest BCUT2D eigenvalue weighted by molar-refractivity contribution is -0.143. The zero-order valence-electron chi connectivity index (χ0n) is 12.4. The molecule has 2 unspecified atom stereocenters. The topological polar surface area (TPSA) is 56.3 Å². The predicted octanol–water partition coefficient (Wildman–Crippen LogP) is 2.90. The van der Waals surface area contributed by atoms with Crippen molar-refractivity contribution in [3.8, 4) is 0 Å². The maximum absolute atomic E-state index is 11.2.